The van der Waals surface area contributed by atoms with Crippen LogP contribution >= 0.6 is 0 Å². The standard InChI is InChI=1S/C16H19NO2/c1-2-12-13-7-3-4-8-15(13)19-16(12)14(18)10-11-6-5-9-17-11/h3-4,7-8,11,17H,2,5-6,9-10H2,1H3. The molecule has 0 amide bonds. The number of nitrogens with one attached hydrogen (secondary N) is 1. The van der Waals surface area contributed by atoms with E-state index in [1.54, 1.807) is 0 Å². The second-order valence-electron chi connectivity index (χ2n) is 5.18. The highest BCUT2D eigenvalue weighted by molar-refractivity contribution is 6.00. The molecule has 1 aliphatic heterocycles. The lowest BCUT2D eigenvalue weighted by Crippen LogP contribution is -2.24. The van der Waals surface area contributed by atoms with Crippen molar-refractivity contribution in [3.63, 3.8) is 0 Å². The van der Waals surface area contributed by atoms with E-state index in [1.165, 1.54) is 6.42 Å². The quantitative estimate of drug-likeness (QED) is 0.854. The molecule has 2 aromatic rings. The molecule has 0 spiro atoms. The summed E-state index contributed by atoms with van der Waals surface area (Å²) in [5, 5.41) is 4.44. The van der Waals surface area contributed by atoms with Crippen molar-refractivity contribution in [1.29, 1.82) is 0 Å². The maximum atomic E-state index is 12.4. The van der Waals surface area contributed by atoms with Gasteiger partial charge in [-0.15, -0.1) is 0 Å². The Balaban J connectivity index is 1.92. The summed E-state index contributed by atoms with van der Waals surface area (Å²) in [5.41, 5.74) is 1.88. The minimum Gasteiger partial charge on any atom is -0.453 e. The average Bonchev–Trinajstić information content (AvgIpc) is 3.04. The van der Waals surface area contributed by atoms with Crippen LogP contribution in [0, 0.1) is 0 Å². The third-order valence-electron chi connectivity index (χ3n) is 3.90. The molecule has 1 aromatic carbocycles. The minimum absolute atomic E-state index is 0.132. The summed E-state index contributed by atoms with van der Waals surface area (Å²) in [6, 6.07) is 8.22. The zero-order chi connectivity index (χ0) is 13.2. The first-order valence-corrected chi connectivity index (χ1v) is 7.06. The van der Waals surface area contributed by atoms with Gasteiger partial charge >= 0.3 is 0 Å². The molecule has 3 nitrogen and oxygen atoms in total. The molecule has 19 heavy (non-hydrogen) atoms. The Morgan fingerprint density at radius 1 is 1.42 bits per heavy atom. The lowest BCUT2D eigenvalue weighted by atomic mass is 10.0. The zero-order valence-corrected chi connectivity index (χ0v) is 11.2. The number of hydrogen-bond acceptors (Lipinski definition) is 3. The number of rotatable bonds is 4. The highest BCUT2D eigenvalue weighted by Crippen LogP contribution is 2.28. The normalized spacial score (nSPS) is 19.1. The summed E-state index contributed by atoms with van der Waals surface area (Å²) in [6.45, 7) is 3.10. The van der Waals surface area contributed by atoms with E-state index in [9.17, 15) is 4.79 Å². The number of Topliss-reactive ketones (excluding diaryl/α,β-unsaturated/α-hetero) is 1. The highest BCUT2D eigenvalue weighted by Gasteiger charge is 2.23. The van der Waals surface area contributed by atoms with Crippen molar-refractivity contribution in [3.8, 4) is 0 Å². The number of benzene rings is 1. The molecule has 1 aromatic heterocycles. The summed E-state index contributed by atoms with van der Waals surface area (Å²) >= 11 is 0. The number of ketones is 1. The van der Waals surface area contributed by atoms with Gasteiger partial charge in [0.05, 0.1) is 0 Å². The first kappa shape index (κ1) is 12.4. The summed E-state index contributed by atoms with van der Waals surface area (Å²) in [4.78, 5) is 12.4. The molecule has 100 valence electrons. The molecular formula is C16H19NO2. The Kier molecular flexibility index (Phi) is 3.38. The Morgan fingerprint density at radius 3 is 3.00 bits per heavy atom. The van der Waals surface area contributed by atoms with Crippen LogP contribution in [-0.4, -0.2) is 18.4 Å². The van der Waals surface area contributed by atoms with Crippen molar-refractivity contribution in [2.24, 2.45) is 0 Å². The number of carbonyl (C=O) groups excluding carboxylic acids is 1. The van der Waals surface area contributed by atoms with Crippen LogP contribution in [-0.2, 0) is 6.42 Å². The Hall–Kier alpha value is -1.61. The van der Waals surface area contributed by atoms with Gasteiger partial charge in [-0.05, 0) is 31.9 Å². The molecule has 0 radical (unpaired) electrons. The molecule has 1 aliphatic rings. The molecule has 1 saturated heterocycles. The third-order valence-corrected chi connectivity index (χ3v) is 3.90. The van der Waals surface area contributed by atoms with E-state index in [2.05, 4.69) is 12.2 Å². The lowest BCUT2D eigenvalue weighted by molar-refractivity contribution is 0.0945. The lowest BCUT2D eigenvalue weighted by Gasteiger charge is -2.08. The van der Waals surface area contributed by atoms with Gasteiger partial charge in [0.25, 0.3) is 0 Å². The SMILES string of the molecule is CCc1c(C(=O)CC2CCCN2)oc2ccccc12. The van der Waals surface area contributed by atoms with Gasteiger partial charge in [-0.3, -0.25) is 4.79 Å². The highest BCUT2D eigenvalue weighted by atomic mass is 16.3. The van der Waals surface area contributed by atoms with Crippen molar-refractivity contribution in [2.45, 2.75) is 38.6 Å². The van der Waals surface area contributed by atoms with Crippen LogP contribution in [0.5, 0.6) is 0 Å². The first-order valence-electron chi connectivity index (χ1n) is 7.06. The summed E-state index contributed by atoms with van der Waals surface area (Å²) in [6.07, 6.45) is 3.63. The summed E-state index contributed by atoms with van der Waals surface area (Å²) < 4.78 is 5.78. The molecule has 1 fully saturated rings. The fraction of sp³-hybridized carbons (Fsp3) is 0.438. The van der Waals surface area contributed by atoms with Crippen molar-refractivity contribution < 1.29 is 9.21 Å². The Bertz CT molecular complexity index is 594. The number of furan rings is 1. The van der Waals surface area contributed by atoms with Crippen LogP contribution in [0.3, 0.4) is 0 Å². The molecule has 0 aliphatic carbocycles. The van der Waals surface area contributed by atoms with E-state index in [4.69, 9.17) is 4.42 Å². The van der Waals surface area contributed by atoms with Crippen LogP contribution in [0.15, 0.2) is 28.7 Å². The largest absolute Gasteiger partial charge is 0.453 e. The monoisotopic (exact) mass is 257 g/mol. The topological polar surface area (TPSA) is 42.2 Å². The Labute approximate surface area is 113 Å². The summed E-state index contributed by atoms with van der Waals surface area (Å²) in [7, 11) is 0. The van der Waals surface area contributed by atoms with Crippen LogP contribution in [0.2, 0.25) is 0 Å². The predicted octanol–water partition coefficient (Wildman–Crippen LogP) is 3.32. The minimum atomic E-state index is 0.132. The Morgan fingerprint density at radius 2 is 2.26 bits per heavy atom. The summed E-state index contributed by atoms with van der Waals surface area (Å²) in [5.74, 6) is 0.699. The molecule has 1 atom stereocenters. The van der Waals surface area contributed by atoms with Crippen LogP contribution in [0.25, 0.3) is 11.0 Å². The number of carbonyl (C=O) groups is 1. The van der Waals surface area contributed by atoms with E-state index < -0.39 is 0 Å². The van der Waals surface area contributed by atoms with Crippen LogP contribution < -0.4 is 5.32 Å². The van der Waals surface area contributed by atoms with Gasteiger partial charge in [0, 0.05) is 23.4 Å². The van der Waals surface area contributed by atoms with E-state index >= 15 is 0 Å². The number of hydrogen-bond donors (Lipinski definition) is 1. The maximum Gasteiger partial charge on any atom is 0.199 e. The number of aryl methyl sites for hydroxylation is 1. The fourth-order valence-electron chi connectivity index (χ4n) is 2.92. The molecule has 1 unspecified atom stereocenters. The molecule has 3 rings (SSSR count). The predicted molar refractivity (Wildman–Crippen MR) is 75.6 cm³/mol. The van der Waals surface area contributed by atoms with Crippen molar-refractivity contribution in [1.82, 2.24) is 5.32 Å². The molecule has 3 heteroatoms. The van der Waals surface area contributed by atoms with Gasteiger partial charge in [0.1, 0.15) is 5.58 Å². The zero-order valence-electron chi connectivity index (χ0n) is 11.2. The van der Waals surface area contributed by atoms with Gasteiger partial charge in [-0.25, -0.2) is 0 Å². The van der Waals surface area contributed by atoms with Crippen molar-refractivity contribution in [2.75, 3.05) is 6.54 Å². The molecule has 1 N–H and O–H groups in total. The fourth-order valence-corrected chi connectivity index (χ4v) is 2.92. The first-order chi connectivity index (χ1) is 9.29. The van der Waals surface area contributed by atoms with E-state index in [0.717, 1.165) is 35.9 Å². The second kappa shape index (κ2) is 5.17. The molecule has 2 heterocycles. The van der Waals surface area contributed by atoms with Crippen molar-refractivity contribution >= 4 is 16.8 Å². The third kappa shape index (κ3) is 2.30. The van der Waals surface area contributed by atoms with E-state index in [0.29, 0.717) is 18.2 Å². The van der Waals surface area contributed by atoms with Crippen molar-refractivity contribution in [3.05, 3.63) is 35.6 Å². The van der Waals surface area contributed by atoms with Gasteiger partial charge < -0.3 is 9.73 Å². The van der Waals surface area contributed by atoms with Gasteiger partial charge in [-0.1, -0.05) is 25.1 Å². The number of fused-ring (bicyclic) bond motifs is 1. The molecule has 0 bridgehead atoms. The number of para-hydroxylation sites is 1. The molecule has 0 saturated carbocycles. The van der Waals surface area contributed by atoms with Crippen LogP contribution in [0.4, 0.5) is 0 Å². The smallest absolute Gasteiger partial charge is 0.199 e. The van der Waals surface area contributed by atoms with Gasteiger partial charge in [0.2, 0.25) is 0 Å². The maximum absolute atomic E-state index is 12.4. The van der Waals surface area contributed by atoms with Crippen LogP contribution in [0.1, 0.15) is 42.3 Å². The molecular weight excluding hydrogens is 238 g/mol. The van der Waals surface area contributed by atoms with Gasteiger partial charge in [-0.2, -0.15) is 0 Å². The van der Waals surface area contributed by atoms with Gasteiger partial charge in [0.15, 0.2) is 11.5 Å². The second-order valence-corrected chi connectivity index (χ2v) is 5.18. The van der Waals surface area contributed by atoms with E-state index in [1.807, 2.05) is 24.3 Å². The average molecular weight is 257 g/mol. The van der Waals surface area contributed by atoms with E-state index in [-0.39, 0.29) is 5.78 Å².